The van der Waals surface area contributed by atoms with Gasteiger partial charge in [-0.1, -0.05) is 24.3 Å². The van der Waals surface area contributed by atoms with E-state index in [1.165, 1.54) is 12.1 Å². The number of halogens is 1. The summed E-state index contributed by atoms with van der Waals surface area (Å²) in [6.07, 6.45) is -0.534. The number of carbonyl (C=O) groups is 2. The van der Waals surface area contributed by atoms with E-state index in [0.717, 1.165) is 0 Å². The zero-order valence-corrected chi connectivity index (χ0v) is 12.9. The first-order valence-electron chi connectivity index (χ1n) is 7.59. The van der Waals surface area contributed by atoms with E-state index in [0.29, 0.717) is 22.8 Å². The molecule has 0 heterocycles. The zero-order valence-electron chi connectivity index (χ0n) is 12.9. The van der Waals surface area contributed by atoms with E-state index in [1.54, 1.807) is 31.2 Å². The Morgan fingerprint density at radius 3 is 2.57 bits per heavy atom. The van der Waals surface area contributed by atoms with Crippen LogP contribution in [0.2, 0.25) is 0 Å². The summed E-state index contributed by atoms with van der Waals surface area (Å²) in [6.45, 7) is 1.87. The van der Waals surface area contributed by atoms with Crippen molar-refractivity contribution in [1.29, 1.82) is 0 Å². The highest BCUT2D eigenvalue weighted by Crippen LogP contribution is 2.23. The van der Waals surface area contributed by atoms with Crippen LogP contribution in [0.3, 0.4) is 0 Å². The molecule has 2 aromatic carbocycles. The predicted molar refractivity (Wildman–Crippen MR) is 84.7 cm³/mol. The van der Waals surface area contributed by atoms with Crippen LogP contribution in [-0.4, -0.2) is 29.6 Å². The lowest BCUT2D eigenvalue weighted by atomic mass is 9.97. The lowest BCUT2D eigenvalue weighted by molar-refractivity contribution is -0.153. The van der Waals surface area contributed by atoms with Crippen molar-refractivity contribution in [2.75, 3.05) is 6.61 Å². The first kappa shape index (κ1) is 17.1. The zero-order chi connectivity index (χ0) is 16.8. The second kappa shape index (κ2) is 7.83. The van der Waals surface area contributed by atoms with Crippen molar-refractivity contribution in [3.8, 4) is 0 Å². The van der Waals surface area contributed by atoms with Gasteiger partial charge in [-0.2, -0.15) is 0 Å². The lowest BCUT2D eigenvalue weighted by Crippen LogP contribution is -2.23. The minimum absolute atomic E-state index is 0.141. The highest BCUT2D eigenvalue weighted by atomic mass is 19.1. The molecule has 1 atom stereocenters. The van der Waals surface area contributed by atoms with E-state index in [-0.39, 0.29) is 31.0 Å². The summed E-state index contributed by atoms with van der Waals surface area (Å²) in [4.78, 5) is 23.6. The molecule has 0 aliphatic carbocycles. The number of benzene rings is 2. The second-order valence-electron chi connectivity index (χ2n) is 5.22. The summed E-state index contributed by atoms with van der Waals surface area (Å²) in [5.74, 6) is -1.18. The van der Waals surface area contributed by atoms with Gasteiger partial charge in [0.25, 0.3) is 0 Å². The Bertz CT molecular complexity index is 711. The summed E-state index contributed by atoms with van der Waals surface area (Å²) >= 11 is 0. The van der Waals surface area contributed by atoms with Crippen molar-refractivity contribution in [2.45, 2.75) is 32.3 Å². The van der Waals surface area contributed by atoms with E-state index >= 15 is 0 Å². The maximum Gasteiger partial charge on any atom is 0.334 e. The van der Waals surface area contributed by atoms with Crippen LogP contribution in [0.4, 0.5) is 4.39 Å². The van der Waals surface area contributed by atoms with E-state index in [4.69, 9.17) is 4.74 Å². The predicted octanol–water partition coefficient (Wildman–Crippen LogP) is 3.26. The number of hydrogen-bond donors (Lipinski definition) is 1. The molecule has 0 aliphatic rings. The van der Waals surface area contributed by atoms with Gasteiger partial charge in [0.1, 0.15) is 5.82 Å². The third-order valence-corrected chi connectivity index (χ3v) is 3.61. The van der Waals surface area contributed by atoms with Crippen LogP contribution in [0.5, 0.6) is 0 Å². The standard InChI is InChI=1S/C18H19FO4/c1-2-23-18(22)17(21)9-5-8-16(20)14-10-11-15(19)13-7-4-3-6-12(13)14/h3-4,6-7,10-11,17,21H,2,5,8-9H2,1H3. The molecule has 0 spiro atoms. The molecule has 23 heavy (non-hydrogen) atoms. The van der Waals surface area contributed by atoms with Crippen LogP contribution in [0.1, 0.15) is 36.5 Å². The molecule has 2 rings (SSSR count). The van der Waals surface area contributed by atoms with Crippen LogP contribution < -0.4 is 0 Å². The van der Waals surface area contributed by atoms with Crippen LogP contribution in [-0.2, 0) is 9.53 Å². The maximum atomic E-state index is 13.8. The van der Waals surface area contributed by atoms with Gasteiger partial charge in [-0.3, -0.25) is 4.79 Å². The number of aliphatic hydroxyl groups excluding tert-OH is 1. The number of Topliss-reactive ketones (excluding diaryl/α,β-unsaturated/α-hetero) is 1. The summed E-state index contributed by atoms with van der Waals surface area (Å²) in [7, 11) is 0. The van der Waals surface area contributed by atoms with E-state index in [2.05, 4.69) is 0 Å². The molecule has 0 saturated carbocycles. The molecule has 0 fully saturated rings. The molecule has 0 bridgehead atoms. The maximum absolute atomic E-state index is 13.8. The molecule has 0 aliphatic heterocycles. The van der Waals surface area contributed by atoms with Gasteiger partial charge >= 0.3 is 5.97 Å². The van der Waals surface area contributed by atoms with Gasteiger partial charge in [-0.15, -0.1) is 0 Å². The van der Waals surface area contributed by atoms with Crippen molar-refractivity contribution < 1.29 is 23.8 Å². The number of fused-ring (bicyclic) bond motifs is 1. The molecular formula is C18H19FO4. The highest BCUT2D eigenvalue weighted by molar-refractivity contribution is 6.08. The third kappa shape index (κ3) is 4.13. The van der Waals surface area contributed by atoms with E-state index in [1.807, 2.05) is 0 Å². The molecule has 0 aromatic heterocycles. The Morgan fingerprint density at radius 2 is 1.87 bits per heavy atom. The highest BCUT2D eigenvalue weighted by Gasteiger charge is 2.17. The van der Waals surface area contributed by atoms with Crippen LogP contribution in [0.15, 0.2) is 36.4 Å². The number of ketones is 1. The molecule has 122 valence electrons. The molecule has 1 unspecified atom stereocenters. The first-order valence-corrected chi connectivity index (χ1v) is 7.59. The van der Waals surface area contributed by atoms with Gasteiger partial charge in [-0.25, -0.2) is 9.18 Å². The quantitative estimate of drug-likeness (QED) is 0.629. The minimum atomic E-state index is -1.22. The van der Waals surface area contributed by atoms with Crippen LogP contribution in [0.25, 0.3) is 10.8 Å². The molecule has 1 N–H and O–H groups in total. The van der Waals surface area contributed by atoms with Gasteiger partial charge in [0.15, 0.2) is 11.9 Å². The van der Waals surface area contributed by atoms with Crippen LogP contribution in [0, 0.1) is 5.82 Å². The number of carbonyl (C=O) groups excluding carboxylic acids is 2. The monoisotopic (exact) mass is 318 g/mol. The number of ether oxygens (including phenoxy) is 1. The van der Waals surface area contributed by atoms with Gasteiger partial charge in [-0.05, 0) is 37.3 Å². The van der Waals surface area contributed by atoms with Gasteiger partial charge in [0.2, 0.25) is 0 Å². The molecule has 0 radical (unpaired) electrons. The molecule has 0 saturated heterocycles. The van der Waals surface area contributed by atoms with Crippen molar-refractivity contribution in [2.24, 2.45) is 0 Å². The molecule has 2 aromatic rings. The smallest absolute Gasteiger partial charge is 0.334 e. The van der Waals surface area contributed by atoms with E-state index in [9.17, 15) is 19.1 Å². The first-order chi connectivity index (χ1) is 11.0. The fraction of sp³-hybridized carbons (Fsp3) is 0.333. The summed E-state index contributed by atoms with van der Waals surface area (Å²) in [6, 6.07) is 9.56. The Morgan fingerprint density at radius 1 is 1.17 bits per heavy atom. The third-order valence-electron chi connectivity index (χ3n) is 3.61. The van der Waals surface area contributed by atoms with Gasteiger partial charge in [0, 0.05) is 17.4 Å². The van der Waals surface area contributed by atoms with Crippen molar-refractivity contribution in [3.05, 3.63) is 47.8 Å². The number of aliphatic hydroxyl groups is 1. The van der Waals surface area contributed by atoms with Gasteiger partial charge < -0.3 is 9.84 Å². The molecule has 4 nitrogen and oxygen atoms in total. The van der Waals surface area contributed by atoms with Crippen molar-refractivity contribution >= 4 is 22.5 Å². The summed E-state index contributed by atoms with van der Waals surface area (Å²) < 4.78 is 18.5. The molecular weight excluding hydrogens is 299 g/mol. The lowest BCUT2D eigenvalue weighted by Gasteiger charge is -2.10. The topological polar surface area (TPSA) is 63.6 Å². The fourth-order valence-electron chi connectivity index (χ4n) is 2.45. The van der Waals surface area contributed by atoms with Crippen molar-refractivity contribution in [1.82, 2.24) is 0 Å². The SMILES string of the molecule is CCOC(=O)C(O)CCCC(=O)c1ccc(F)c2ccccc12. The number of esters is 1. The largest absolute Gasteiger partial charge is 0.464 e. The minimum Gasteiger partial charge on any atom is -0.464 e. The van der Waals surface area contributed by atoms with Gasteiger partial charge in [0.05, 0.1) is 6.61 Å². The Kier molecular flexibility index (Phi) is 5.82. The van der Waals surface area contributed by atoms with Crippen LogP contribution >= 0.6 is 0 Å². The fourth-order valence-corrected chi connectivity index (χ4v) is 2.45. The summed E-state index contributed by atoms with van der Waals surface area (Å²) in [5, 5.41) is 10.6. The molecule has 5 heteroatoms. The Balaban J connectivity index is 2.02. The molecule has 0 amide bonds. The Hall–Kier alpha value is -2.27. The number of hydrogen-bond acceptors (Lipinski definition) is 4. The normalized spacial score (nSPS) is 12.1. The Labute approximate surface area is 133 Å². The summed E-state index contributed by atoms with van der Waals surface area (Å²) in [5.41, 5.74) is 0.452. The average molecular weight is 318 g/mol. The van der Waals surface area contributed by atoms with E-state index < -0.39 is 12.1 Å². The average Bonchev–Trinajstić information content (AvgIpc) is 2.55. The van der Waals surface area contributed by atoms with Crippen molar-refractivity contribution in [3.63, 3.8) is 0 Å². The number of rotatable bonds is 7. The second-order valence-corrected chi connectivity index (χ2v) is 5.22.